The van der Waals surface area contributed by atoms with E-state index in [4.69, 9.17) is 19.2 Å². The minimum atomic E-state index is -2.49. The number of hydrogen-bond donors (Lipinski definition) is 0. The molecule has 238 valence electrons. The van der Waals surface area contributed by atoms with Gasteiger partial charge >= 0.3 is 0 Å². The van der Waals surface area contributed by atoms with Gasteiger partial charge in [-0.25, -0.2) is 4.39 Å². The number of rotatable bonds is 8. The molecule has 3 unspecified atom stereocenters. The molecule has 1 heterocycles. The molecule has 5 rings (SSSR count). The highest BCUT2D eigenvalue weighted by atomic mass is 19.1. The molecule has 16 nitrogen and oxygen atoms in total. The lowest BCUT2D eigenvalue weighted by atomic mass is 9.44. The van der Waals surface area contributed by atoms with Crippen molar-refractivity contribution in [1.82, 2.24) is 5.06 Å². The smallest absolute Gasteiger partial charge is 0.295 e. The van der Waals surface area contributed by atoms with Crippen molar-refractivity contribution in [1.29, 1.82) is 0 Å². The third-order valence-corrected chi connectivity index (χ3v) is 11.1. The summed E-state index contributed by atoms with van der Waals surface area (Å²) in [6, 6.07) is 0. The number of fused-ring (bicyclic) bond motifs is 5. The van der Waals surface area contributed by atoms with Crippen LogP contribution in [0.5, 0.6) is 0 Å². The normalized spacial score (nSPS) is 44.9. The second-order valence-electron chi connectivity index (χ2n) is 13.4. The first-order valence-corrected chi connectivity index (χ1v) is 14.0. The van der Waals surface area contributed by atoms with E-state index >= 15 is 4.39 Å². The van der Waals surface area contributed by atoms with Crippen molar-refractivity contribution < 1.29 is 43.7 Å². The maximum atomic E-state index is 18.0. The van der Waals surface area contributed by atoms with Crippen LogP contribution in [0.25, 0.3) is 0 Å². The average Bonchev–Trinajstić information content (AvgIpc) is 3.26. The van der Waals surface area contributed by atoms with Crippen molar-refractivity contribution in [2.45, 2.75) is 88.9 Å². The first-order chi connectivity index (χ1) is 19.8. The van der Waals surface area contributed by atoms with Crippen LogP contribution in [0, 0.1) is 64.1 Å². The largest absolute Gasteiger partial charge is 0.783 e. The monoisotopic (exact) mass is 613 g/mol. The zero-order valence-corrected chi connectivity index (χ0v) is 24.3. The summed E-state index contributed by atoms with van der Waals surface area (Å²) in [5.74, 6) is -3.16. The van der Waals surface area contributed by atoms with Crippen LogP contribution in [0.4, 0.5) is 4.39 Å². The Labute approximate surface area is 245 Å². The molecule has 0 aromatic rings. The minimum absolute atomic E-state index is 0.0431. The lowest BCUT2D eigenvalue weighted by Crippen LogP contribution is -2.77. The van der Waals surface area contributed by atoms with Crippen LogP contribution >= 0.6 is 0 Å². The van der Waals surface area contributed by atoms with Crippen LogP contribution in [-0.2, 0) is 24.0 Å². The van der Waals surface area contributed by atoms with E-state index in [-0.39, 0.29) is 31.7 Å². The molecule has 0 bridgehead atoms. The topological polar surface area (TPSA) is 210 Å². The Morgan fingerprint density at radius 2 is 1.77 bits per heavy atom. The molecule has 0 amide bonds. The van der Waals surface area contributed by atoms with Gasteiger partial charge < -0.3 is 29.5 Å². The van der Waals surface area contributed by atoms with Gasteiger partial charge in [-0.3, -0.25) is 4.79 Å². The first kappa shape index (κ1) is 31.0. The van der Waals surface area contributed by atoms with Crippen LogP contribution in [0.15, 0.2) is 23.8 Å². The molecule has 3 saturated carbocycles. The molecule has 17 heteroatoms. The molecule has 1 aliphatic heterocycles. The number of hydroxylamine groups is 2. The predicted molar refractivity (Wildman–Crippen MR) is 140 cm³/mol. The Balaban J connectivity index is 1.76. The summed E-state index contributed by atoms with van der Waals surface area (Å²) in [6.07, 6.45) is 1.91. The van der Waals surface area contributed by atoms with Gasteiger partial charge in [-0.15, -0.1) is 30.3 Å². The van der Waals surface area contributed by atoms with Crippen molar-refractivity contribution in [3.8, 4) is 0 Å². The number of ketones is 1. The van der Waals surface area contributed by atoms with Gasteiger partial charge in [-0.2, -0.15) is 0 Å². The second-order valence-corrected chi connectivity index (χ2v) is 13.4. The predicted octanol–water partition coefficient (Wildman–Crippen LogP) is 3.28. The summed E-state index contributed by atoms with van der Waals surface area (Å²) in [4.78, 5) is 63.0. The molecule has 0 aromatic heterocycles. The summed E-state index contributed by atoms with van der Waals surface area (Å²) in [6.45, 7) is 6.14. The molecule has 9 atom stereocenters. The molecular formula is C26H34FN4O12-. The minimum Gasteiger partial charge on any atom is -0.783 e. The van der Waals surface area contributed by atoms with E-state index in [1.165, 1.54) is 39.0 Å². The number of ether oxygens (including phenoxy) is 1. The van der Waals surface area contributed by atoms with Gasteiger partial charge in [0.05, 0.1) is 6.61 Å². The van der Waals surface area contributed by atoms with Crippen molar-refractivity contribution in [2.24, 2.45) is 28.6 Å². The number of hydrogen-bond acceptors (Lipinski definition) is 13. The highest BCUT2D eigenvalue weighted by Gasteiger charge is 2.82. The maximum absolute atomic E-state index is 18.0. The van der Waals surface area contributed by atoms with Gasteiger partial charge in [0.15, 0.2) is 22.8 Å². The SMILES string of the molecule is C[C@H]1CC2C3CCC4=CC(=O)C=C[C@]4(C)[C@@]3(F)[C@@H](O[N+](=O)[O-])C[C@]2(C)[C@@]1(O[N+](=O)[O-])C1(CO[N+](=O)[O-])OCC(C)(C)N1[O-]. The Morgan fingerprint density at radius 3 is 2.33 bits per heavy atom. The fourth-order valence-electron chi connectivity index (χ4n) is 9.44. The van der Waals surface area contributed by atoms with E-state index in [0.29, 0.717) is 10.6 Å². The van der Waals surface area contributed by atoms with Gasteiger partial charge in [-0.1, -0.05) is 25.5 Å². The van der Waals surface area contributed by atoms with Gasteiger partial charge in [-0.05, 0) is 70.4 Å². The molecule has 0 N–H and O–H groups in total. The molecule has 5 aliphatic rings. The molecule has 0 spiro atoms. The third-order valence-electron chi connectivity index (χ3n) is 11.1. The van der Waals surface area contributed by atoms with E-state index in [2.05, 4.69) is 0 Å². The molecule has 4 aliphatic carbocycles. The Bertz CT molecular complexity index is 1330. The lowest BCUT2D eigenvalue weighted by Gasteiger charge is -2.66. The van der Waals surface area contributed by atoms with E-state index in [1.54, 1.807) is 13.8 Å². The summed E-state index contributed by atoms with van der Waals surface area (Å²) in [7, 11) is 0. The molecule has 0 aromatic carbocycles. The van der Waals surface area contributed by atoms with Crippen molar-refractivity contribution in [2.75, 3.05) is 13.2 Å². The molecule has 43 heavy (non-hydrogen) atoms. The number of carbonyl (C=O) groups is 1. The van der Waals surface area contributed by atoms with E-state index in [9.17, 15) is 40.3 Å². The fraction of sp³-hybridized carbons (Fsp3) is 0.808. The fourth-order valence-corrected chi connectivity index (χ4v) is 9.44. The number of carbonyl (C=O) groups excluding carboxylic acids is 1. The summed E-state index contributed by atoms with van der Waals surface area (Å²) in [5, 5.41) is 46.6. The number of halogens is 1. The maximum Gasteiger partial charge on any atom is 0.295 e. The van der Waals surface area contributed by atoms with Crippen molar-refractivity contribution in [3.63, 3.8) is 0 Å². The number of allylic oxidation sites excluding steroid dienone is 4. The van der Waals surface area contributed by atoms with Crippen molar-refractivity contribution in [3.05, 3.63) is 59.4 Å². The average molecular weight is 614 g/mol. The summed E-state index contributed by atoms with van der Waals surface area (Å²) < 4.78 is 24.1. The van der Waals surface area contributed by atoms with Crippen LogP contribution in [0.3, 0.4) is 0 Å². The van der Waals surface area contributed by atoms with Gasteiger partial charge in [0, 0.05) is 22.3 Å². The van der Waals surface area contributed by atoms with Crippen LogP contribution in [0.1, 0.15) is 60.3 Å². The van der Waals surface area contributed by atoms with Crippen LogP contribution in [-0.4, -0.2) is 68.0 Å². The highest BCUT2D eigenvalue weighted by molar-refractivity contribution is 6.01. The van der Waals surface area contributed by atoms with E-state index in [1.807, 2.05) is 0 Å². The Kier molecular flexibility index (Phi) is 6.87. The van der Waals surface area contributed by atoms with Crippen molar-refractivity contribution >= 4 is 5.78 Å². The standard InChI is InChI=1S/C26H34FN4O12/c1-15-10-19-18-7-6-16-11-17(32)8-9-22(16,4)25(18,27)20(42-30(36)37)12-23(19,5)26(15,43-31(38)39)24(14-41-29(34)35)28(33)21(2,3)13-40-24/h8-9,11,15,18-20H,6-7,10,12-14H2,1-5H3/q-1/t15-,18?,19?,20-,22-,23-,24?,25-,26+/m0/s1. The second kappa shape index (κ2) is 9.53. The highest BCUT2D eigenvalue weighted by Crippen LogP contribution is 2.74. The van der Waals surface area contributed by atoms with E-state index in [0.717, 1.165) is 0 Å². The summed E-state index contributed by atoms with van der Waals surface area (Å²) in [5.41, 5.74) is -11.4. The van der Waals surface area contributed by atoms with Gasteiger partial charge in [0.2, 0.25) is 0 Å². The zero-order valence-electron chi connectivity index (χ0n) is 24.3. The quantitative estimate of drug-likeness (QED) is 0.284. The molecule has 4 fully saturated rings. The van der Waals surface area contributed by atoms with Gasteiger partial charge in [0.1, 0.15) is 12.7 Å². The number of alkyl halides is 1. The Hall–Kier alpha value is -3.44. The molecule has 0 radical (unpaired) electrons. The van der Waals surface area contributed by atoms with Gasteiger partial charge in [0.25, 0.3) is 15.3 Å². The van der Waals surface area contributed by atoms with E-state index < -0.39 is 85.5 Å². The first-order valence-electron chi connectivity index (χ1n) is 14.0. The third kappa shape index (κ3) is 3.86. The number of nitrogens with zero attached hydrogens (tertiary/aromatic N) is 4. The van der Waals surface area contributed by atoms with Crippen LogP contribution < -0.4 is 0 Å². The summed E-state index contributed by atoms with van der Waals surface area (Å²) >= 11 is 0. The lowest BCUT2D eigenvalue weighted by molar-refractivity contribution is -0.803. The Morgan fingerprint density at radius 1 is 1.09 bits per heavy atom. The molecule has 1 saturated heterocycles. The molecular weight excluding hydrogens is 579 g/mol. The van der Waals surface area contributed by atoms with Crippen LogP contribution in [0.2, 0.25) is 0 Å². The zero-order chi connectivity index (χ0) is 32.0.